The molecular formula is C11H12ClFN2O6S. The summed E-state index contributed by atoms with van der Waals surface area (Å²) in [4.78, 5) is 19.5. The number of halogens is 2. The first-order valence-corrected chi connectivity index (χ1v) is 7.67. The SMILES string of the molecule is CC(C)N(CC(=O)O)S(=O)(=O)c1cc(Cl)c([N+](=O)[O-])cc1F. The monoisotopic (exact) mass is 354 g/mol. The predicted molar refractivity (Wildman–Crippen MR) is 74.7 cm³/mol. The van der Waals surface area contributed by atoms with Gasteiger partial charge in [0.15, 0.2) is 0 Å². The van der Waals surface area contributed by atoms with Crippen LogP contribution >= 0.6 is 11.6 Å². The van der Waals surface area contributed by atoms with Gasteiger partial charge in [0.2, 0.25) is 10.0 Å². The first kappa shape index (κ1) is 18.3. The Kier molecular flexibility index (Phi) is 5.44. The van der Waals surface area contributed by atoms with Gasteiger partial charge in [0.1, 0.15) is 22.3 Å². The van der Waals surface area contributed by atoms with Crippen LogP contribution in [0.15, 0.2) is 17.0 Å². The molecule has 8 nitrogen and oxygen atoms in total. The van der Waals surface area contributed by atoms with Crippen molar-refractivity contribution in [3.63, 3.8) is 0 Å². The van der Waals surface area contributed by atoms with E-state index in [0.29, 0.717) is 16.4 Å². The summed E-state index contributed by atoms with van der Waals surface area (Å²) in [6, 6.07) is 0.213. The third kappa shape index (κ3) is 3.70. The summed E-state index contributed by atoms with van der Waals surface area (Å²) in [6.07, 6.45) is 0. The number of nitro benzene ring substituents is 1. The van der Waals surface area contributed by atoms with Gasteiger partial charge in [-0.15, -0.1) is 0 Å². The van der Waals surface area contributed by atoms with Crippen LogP contribution in [0.2, 0.25) is 5.02 Å². The van der Waals surface area contributed by atoms with Crippen molar-refractivity contribution in [2.24, 2.45) is 0 Å². The van der Waals surface area contributed by atoms with Crippen molar-refractivity contribution in [3.05, 3.63) is 33.1 Å². The molecule has 0 amide bonds. The zero-order valence-electron chi connectivity index (χ0n) is 11.5. The normalized spacial score (nSPS) is 11.9. The highest BCUT2D eigenvalue weighted by molar-refractivity contribution is 7.89. The maximum atomic E-state index is 13.9. The maximum absolute atomic E-state index is 13.9. The second-order valence-corrected chi connectivity index (χ2v) is 6.80. The van der Waals surface area contributed by atoms with Crippen LogP contribution in [-0.4, -0.2) is 41.3 Å². The van der Waals surface area contributed by atoms with Gasteiger partial charge in [0, 0.05) is 6.04 Å². The molecule has 0 spiro atoms. The summed E-state index contributed by atoms with van der Waals surface area (Å²) >= 11 is 5.58. The third-order valence-corrected chi connectivity index (χ3v) is 4.99. The Bertz CT molecular complexity index is 722. The van der Waals surface area contributed by atoms with E-state index in [4.69, 9.17) is 16.7 Å². The minimum absolute atomic E-state index is 0.383. The molecule has 1 N–H and O–H groups in total. The Labute approximate surface area is 130 Å². The number of aliphatic carboxylic acids is 1. The molecule has 0 unspecified atom stereocenters. The molecule has 0 aliphatic rings. The van der Waals surface area contributed by atoms with E-state index in [1.165, 1.54) is 13.8 Å². The quantitative estimate of drug-likeness (QED) is 0.615. The summed E-state index contributed by atoms with van der Waals surface area (Å²) in [5, 5.41) is 18.8. The molecule has 0 saturated carbocycles. The summed E-state index contributed by atoms with van der Waals surface area (Å²) in [5.41, 5.74) is -0.785. The number of sulfonamides is 1. The molecule has 11 heteroatoms. The van der Waals surface area contributed by atoms with E-state index in [9.17, 15) is 27.7 Å². The van der Waals surface area contributed by atoms with Crippen molar-refractivity contribution in [1.29, 1.82) is 0 Å². The Hall–Kier alpha value is -1.78. The van der Waals surface area contributed by atoms with E-state index in [2.05, 4.69) is 0 Å². The lowest BCUT2D eigenvalue weighted by Gasteiger charge is -2.24. The number of carbonyl (C=O) groups is 1. The minimum atomic E-state index is -4.52. The second-order valence-electron chi connectivity index (χ2n) is 4.53. The van der Waals surface area contributed by atoms with Crippen molar-refractivity contribution in [2.45, 2.75) is 24.8 Å². The number of nitrogens with zero attached hydrogens (tertiary/aromatic N) is 2. The number of carboxylic acids is 1. The van der Waals surface area contributed by atoms with E-state index in [1.807, 2.05) is 0 Å². The largest absolute Gasteiger partial charge is 0.480 e. The van der Waals surface area contributed by atoms with Crippen molar-refractivity contribution >= 4 is 33.3 Å². The number of carboxylic acid groups (broad SMARTS) is 1. The number of hydrogen-bond acceptors (Lipinski definition) is 5. The average molecular weight is 355 g/mol. The van der Waals surface area contributed by atoms with Crippen LogP contribution in [0.3, 0.4) is 0 Å². The molecule has 0 atom stereocenters. The smallest absolute Gasteiger partial charge is 0.318 e. The van der Waals surface area contributed by atoms with Gasteiger partial charge in [-0.1, -0.05) is 11.6 Å². The molecule has 0 saturated heterocycles. The fraction of sp³-hybridized carbons (Fsp3) is 0.364. The molecule has 0 fully saturated rings. The number of hydrogen-bond donors (Lipinski definition) is 1. The molecule has 0 aliphatic carbocycles. The van der Waals surface area contributed by atoms with Gasteiger partial charge in [0.05, 0.1) is 11.0 Å². The minimum Gasteiger partial charge on any atom is -0.480 e. The van der Waals surface area contributed by atoms with Crippen molar-refractivity contribution in [1.82, 2.24) is 4.31 Å². The summed E-state index contributed by atoms with van der Waals surface area (Å²) in [5.74, 6) is -2.81. The Morgan fingerprint density at radius 3 is 2.45 bits per heavy atom. The van der Waals surface area contributed by atoms with Crippen molar-refractivity contribution < 1.29 is 27.6 Å². The van der Waals surface area contributed by atoms with E-state index in [0.717, 1.165) is 0 Å². The van der Waals surface area contributed by atoms with Gasteiger partial charge in [0.25, 0.3) is 5.69 Å². The highest BCUT2D eigenvalue weighted by atomic mass is 35.5. The van der Waals surface area contributed by atoms with Gasteiger partial charge >= 0.3 is 5.97 Å². The van der Waals surface area contributed by atoms with Crippen molar-refractivity contribution in [2.75, 3.05) is 6.54 Å². The second kappa shape index (κ2) is 6.55. The van der Waals surface area contributed by atoms with Gasteiger partial charge in [-0.3, -0.25) is 14.9 Å². The summed E-state index contributed by atoms with van der Waals surface area (Å²) < 4.78 is 39.2. The molecular weight excluding hydrogens is 343 g/mol. The predicted octanol–water partition coefficient (Wildman–Crippen LogP) is 1.87. The van der Waals surface area contributed by atoms with Crippen LogP contribution in [-0.2, 0) is 14.8 Å². The van der Waals surface area contributed by atoms with Gasteiger partial charge in [-0.05, 0) is 19.9 Å². The lowest BCUT2D eigenvalue weighted by atomic mass is 10.3. The van der Waals surface area contributed by atoms with Gasteiger partial charge < -0.3 is 5.11 Å². The molecule has 1 aromatic rings. The fourth-order valence-corrected chi connectivity index (χ4v) is 3.62. The standard InChI is InChI=1S/C11H12ClFN2O6S/c1-6(2)14(5-11(16)17)22(20,21)10-3-7(12)9(15(18)19)4-8(10)13/h3-4,6H,5H2,1-2H3,(H,16,17). The molecule has 1 aromatic carbocycles. The summed E-state index contributed by atoms with van der Waals surface area (Å²) in [7, 11) is -4.52. The van der Waals surface area contributed by atoms with Crippen LogP contribution in [0.1, 0.15) is 13.8 Å². The first-order chi connectivity index (χ1) is 9.98. The third-order valence-electron chi connectivity index (χ3n) is 2.65. The van der Waals surface area contributed by atoms with Crippen LogP contribution in [0.25, 0.3) is 0 Å². The summed E-state index contributed by atoms with van der Waals surface area (Å²) in [6.45, 7) is 1.94. The molecule has 1 rings (SSSR count). The topological polar surface area (TPSA) is 118 Å². The van der Waals surface area contributed by atoms with Crippen molar-refractivity contribution in [3.8, 4) is 0 Å². The van der Waals surface area contributed by atoms with E-state index in [-0.39, 0.29) is 0 Å². The zero-order valence-corrected chi connectivity index (χ0v) is 13.1. The molecule has 0 heterocycles. The van der Waals surface area contributed by atoms with Crippen LogP contribution in [0.5, 0.6) is 0 Å². The number of rotatable bonds is 6. The Morgan fingerprint density at radius 2 is 2.05 bits per heavy atom. The van der Waals surface area contributed by atoms with E-state index >= 15 is 0 Å². The van der Waals surface area contributed by atoms with Gasteiger partial charge in [-0.2, -0.15) is 4.31 Å². The first-order valence-electron chi connectivity index (χ1n) is 5.85. The number of benzene rings is 1. The number of nitro groups is 1. The van der Waals surface area contributed by atoms with E-state index in [1.54, 1.807) is 0 Å². The molecule has 22 heavy (non-hydrogen) atoms. The molecule has 0 bridgehead atoms. The van der Waals surface area contributed by atoms with Gasteiger partial charge in [-0.25, -0.2) is 12.8 Å². The molecule has 0 aromatic heterocycles. The zero-order chi connectivity index (χ0) is 17.2. The van der Waals surface area contributed by atoms with E-state index < -0.39 is 54.9 Å². The molecule has 0 aliphatic heterocycles. The lowest BCUT2D eigenvalue weighted by Crippen LogP contribution is -2.40. The average Bonchev–Trinajstić information content (AvgIpc) is 2.37. The Balaban J connectivity index is 3.48. The van der Waals surface area contributed by atoms with Crippen LogP contribution < -0.4 is 0 Å². The lowest BCUT2D eigenvalue weighted by molar-refractivity contribution is -0.384. The van der Waals surface area contributed by atoms with Crippen LogP contribution in [0, 0.1) is 15.9 Å². The molecule has 122 valence electrons. The maximum Gasteiger partial charge on any atom is 0.318 e. The Morgan fingerprint density at radius 1 is 1.50 bits per heavy atom. The highest BCUT2D eigenvalue weighted by Crippen LogP contribution is 2.31. The highest BCUT2D eigenvalue weighted by Gasteiger charge is 2.33. The fourth-order valence-electron chi connectivity index (χ4n) is 1.66. The molecule has 0 radical (unpaired) electrons. The van der Waals surface area contributed by atoms with Crippen LogP contribution in [0.4, 0.5) is 10.1 Å².